The maximum atomic E-state index is 13.1. The molecule has 3 N–H and O–H groups in total. The van der Waals surface area contributed by atoms with E-state index in [2.05, 4.69) is 5.32 Å². The minimum absolute atomic E-state index is 0. The van der Waals surface area contributed by atoms with E-state index >= 15 is 0 Å². The SMILES string of the molecule is COc1cccc(C(=O)CC([NH2+]C(C)C(O)c2ccccc2)c2cccc(OC)c2)c1.[Cl-]. The number of carbonyl (C=O) groups is 1. The highest BCUT2D eigenvalue weighted by molar-refractivity contribution is 5.96. The van der Waals surface area contributed by atoms with Gasteiger partial charge in [0.1, 0.15) is 29.7 Å². The number of nitrogens with two attached hydrogens (primary N) is 1. The van der Waals surface area contributed by atoms with Crippen molar-refractivity contribution in [3.05, 3.63) is 95.6 Å². The zero-order valence-corrected chi connectivity index (χ0v) is 19.3. The Morgan fingerprint density at radius 3 is 2.12 bits per heavy atom. The van der Waals surface area contributed by atoms with Crippen molar-refractivity contribution in [1.82, 2.24) is 0 Å². The number of halogens is 1. The summed E-state index contributed by atoms with van der Waals surface area (Å²) in [7, 11) is 3.21. The van der Waals surface area contributed by atoms with Gasteiger partial charge in [0.2, 0.25) is 0 Å². The quantitative estimate of drug-likeness (QED) is 0.442. The molecule has 0 bridgehead atoms. The monoisotopic (exact) mass is 455 g/mol. The van der Waals surface area contributed by atoms with E-state index in [1.165, 1.54) is 0 Å². The van der Waals surface area contributed by atoms with E-state index in [0.29, 0.717) is 11.3 Å². The number of aliphatic hydroxyl groups is 1. The summed E-state index contributed by atoms with van der Waals surface area (Å²) < 4.78 is 10.6. The topological polar surface area (TPSA) is 72.4 Å². The summed E-state index contributed by atoms with van der Waals surface area (Å²) in [6, 6.07) is 24.2. The van der Waals surface area contributed by atoms with Crippen molar-refractivity contribution in [2.24, 2.45) is 0 Å². The van der Waals surface area contributed by atoms with Crippen LogP contribution in [0.1, 0.15) is 47.0 Å². The van der Waals surface area contributed by atoms with Gasteiger partial charge in [0.05, 0.1) is 20.6 Å². The standard InChI is InChI=1S/C26H29NO4.ClH/c1-18(26(29)19-9-5-4-6-10-19)27-24(20-11-7-13-22(15-20)30-2)17-25(28)21-12-8-14-23(16-21)31-3;/h4-16,18,24,26-27,29H,17H2,1-3H3;1H. The van der Waals surface area contributed by atoms with Crippen molar-refractivity contribution in [2.75, 3.05) is 14.2 Å². The van der Waals surface area contributed by atoms with Gasteiger partial charge in [0.15, 0.2) is 5.78 Å². The number of hydrogen-bond donors (Lipinski definition) is 2. The Kier molecular flexibility index (Phi) is 9.72. The van der Waals surface area contributed by atoms with Gasteiger partial charge in [-0.15, -0.1) is 0 Å². The predicted octanol–water partition coefficient (Wildman–Crippen LogP) is 0.707. The lowest BCUT2D eigenvalue weighted by Crippen LogP contribution is -3.00. The smallest absolute Gasteiger partial charge is 0.169 e. The Hall–Kier alpha value is -2.86. The number of ether oxygens (including phenoxy) is 2. The molecule has 3 aromatic carbocycles. The van der Waals surface area contributed by atoms with Gasteiger partial charge >= 0.3 is 0 Å². The minimum atomic E-state index is -0.652. The van der Waals surface area contributed by atoms with Gasteiger partial charge in [0.25, 0.3) is 0 Å². The molecule has 0 saturated heterocycles. The van der Waals surface area contributed by atoms with Crippen molar-refractivity contribution >= 4 is 5.78 Å². The van der Waals surface area contributed by atoms with E-state index in [9.17, 15) is 9.90 Å². The first-order valence-corrected chi connectivity index (χ1v) is 10.4. The zero-order valence-electron chi connectivity index (χ0n) is 18.6. The summed E-state index contributed by atoms with van der Waals surface area (Å²) >= 11 is 0. The number of rotatable bonds is 10. The molecule has 3 atom stereocenters. The highest BCUT2D eigenvalue weighted by Crippen LogP contribution is 2.23. The van der Waals surface area contributed by atoms with E-state index in [1.54, 1.807) is 26.4 Å². The lowest BCUT2D eigenvalue weighted by Gasteiger charge is -2.24. The van der Waals surface area contributed by atoms with E-state index in [4.69, 9.17) is 9.47 Å². The Morgan fingerprint density at radius 1 is 0.875 bits per heavy atom. The Morgan fingerprint density at radius 2 is 1.47 bits per heavy atom. The van der Waals surface area contributed by atoms with Crippen molar-refractivity contribution in [3.63, 3.8) is 0 Å². The molecule has 5 nitrogen and oxygen atoms in total. The fourth-order valence-electron chi connectivity index (χ4n) is 3.71. The van der Waals surface area contributed by atoms with Crippen LogP contribution in [0.3, 0.4) is 0 Å². The fourth-order valence-corrected chi connectivity index (χ4v) is 3.71. The third-order valence-electron chi connectivity index (χ3n) is 5.49. The third kappa shape index (κ3) is 6.57. The van der Waals surface area contributed by atoms with Crippen LogP contribution < -0.4 is 27.2 Å². The van der Waals surface area contributed by atoms with Crippen molar-refractivity contribution in [1.29, 1.82) is 0 Å². The summed E-state index contributed by atoms with van der Waals surface area (Å²) in [6.45, 7) is 1.97. The number of methoxy groups -OCH3 is 2. The van der Waals surface area contributed by atoms with Crippen LogP contribution in [0.5, 0.6) is 11.5 Å². The van der Waals surface area contributed by atoms with Crippen molar-refractivity contribution in [3.8, 4) is 11.5 Å². The third-order valence-corrected chi connectivity index (χ3v) is 5.49. The number of quaternary nitrogens is 1. The molecule has 0 amide bonds. The van der Waals surface area contributed by atoms with Crippen LogP contribution in [0.15, 0.2) is 78.9 Å². The summed E-state index contributed by atoms with van der Waals surface area (Å²) in [5, 5.41) is 12.9. The molecule has 0 radical (unpaired) electrons. The normalized spacial score (nSPS) is 13.4. The van der Waals surface area contributed by atoms with Crippen LogP contribution in [0.2, 0.25) is 0 Å². The molecule has 0 aliphatic carbocycles. The van der Waals surface area contributed by atoms with Gasteiger partial charge in [-0.3, -0.25) is 4.79 Å². The Balaban J connectivity index is 0.00000363. The molecule has 3 aromatic rings. The molecular formula is C26H30ClNO4. The molecule has 170 valence electrons. The first kappa shape index (κ1) is 25.4. The molecule has 0 spiro atoms. The Bertz CT molecular complexity index is 996. The van der Waals surface area contributed by atoms with Gasteiger partial charge in [-0.1, -0.05) is 54.6 Å². The summed E-state index contributed by atoms with van der Waals surface area (Å²) in [5.41, 5.74) is 2.44. The van der Waals surface area contributed by atoms with Gasteiger partial charge in [-0.25, -0.2) is 0 Å². The van der Waals surface area contributed by atoms with Crippen LogP contribution in [-0.2, 0) is 0 Å². The lowest BCUT2D eigenvalue weighted by atomic mass is 9.95. The molecule has 3 unspecified atom stereocenters. The maximum Gasteiger partial charge on any atom is 0.169 e. The van der Waals surface area contributed by atoms with Crippen LogP contribution >= 0.6 is 0 Å². The summed E-state index contributed by atoms with van der Waals surface area (Å²) in [5.74, 6) is 1.41. The highest BCUT2D eigenvalue weighted by atomic mass is 35.5. The molecule has 0 aromatic heterocycles. The minimum Gasteiger partial charge on any atom is -1.00 e. The summed E-state index contributed by atoms with van der Waals surface area (Å²) in [6.07, 6.45) is -0.368. The molecule has 0 aliphatic rings. The second-order valence-corrected chi connectivity index (χ2v) is 7.65. The number of ketones is 1. The molecule has 0 aliphatic heterocycles. The van der Waals surface area contributed by atoms with E-state index < -0.39 is 6.10 Å². The predicted molar refractivity (Wildman–Crippen MR) is 120 cm³/mol. The van der Waals surface area contributed by atoms with Crippen LogP contribution in [0, 0.1) is 0 Å². The average molecular weight is 456 g/mol. The zero-order chi connectivity index (χ0) is 22.2. The molecule has 0 saturated carbocycles. The van der Waals surface area contributed by atoms with Crippen LogP contribution in [0.25, 0.3) is 0 Å². The van der Waals surface area contributed by atoms with E-state index in [1.807, 2.05) is 73.7 Å². The second kappa shape index (κ2) is 12.2. The molecule has 6 heteroatoms. The van der Waals surface area contributed by atoms with Crippen molar-refractivity contribution in [2.45, 2.75) is 31.5 Å². The first-order chi connectivity index (χ1) is 15.0. The Labute approximate surface area is 195 Å². The van der Waals surface area contributed by atoms with Crippen molar-refractivity contribution < 1.29 is 37.1 Å². The van der Waals surface area contributed by atoms with Gasteiger partial charge < -0.3 is 32.3 Å². The fraction of sp³-hybridized carbons (Fsp3) is 0.269. The first-order valence-electron chi connectivity index (χ1n) is 10.4. The van der Waals surface area contributed by atoms with Gasteiger partial charge in [-0.05, 0) is 36.8 Å². The second-order valence-electron chi connectivity index (χ2n) is 7.65. The lowest BCUT2D eigenvalue weighted by molar-refractivity contribution is -0.731. The molecule has 32 heavy (non-hydrogen) atoms. The van der Waals surface area contributed by atoms with Crippen LogP contribution in [0.4, 0.5) is 0 Å². The largest absolute Gasteiger partial charge is 1.00 e. The number of hydrogen-bond acceptors (Lipinski definition) is 4. The molecular weight excluding hydrogens is 426 g/mol. The molecule has 0 heterocycles. The highest BCUT2D eigenvalue weighted by Gasteiger charge is 2.27. The average Bonchev–Trinajstić information content (AvgIpc) is 2.83. The van der Waals surface area contributed by atoms with E-state index in [0.717, 1.165) is 16.9 Å². The van der Waals surface area contributed by atoms with E-state index in [-0.39, 0.29) is 36.7 Å². The van der Waals surface area contributed by atoms with Gasteiger partial charge in [-0.2, -0.15) is 0 Å². The maximum absolute atomic E-state index is 13.1. The van der Waals surface area contributed by atoms with Gasteiger partial charge in [0, 0.05) is 11.1 Å². The number of carbonyl (C=O) groups excluding carboxylic acids is 1. The molecule has 3 rings (SSSR count). The number of benzene rings is 3. The van der Waals surface area contributed by atoms with Crippen LogP contribution in [-0.4, -0.2) is 31.2 Å². The molecule has 0 fully saturated rings. The number of Topliss-reactive ketones (excluding diaryl/α,β-unsaturated/α-hetero) is 1. The summed E-state index contributed by atoms with van der Waals surface area (Å²) in [4.78, 5) is 13.1. The number of aliphatic hydroxyl groups excluding tert-OH is 1.